The first-order valence-corrected chi connectivity index (χ1v) is 2.83. The van der Waals surface area contributed by atoms with Gasteiger partial charge in [0.25, 0.3) is 0 Å². The Hall–Kier alpha value is -0.205. The van der Waals surface area contributed by atoms with Crippen LogP contribution in [0.3, 0.4) is 0 Å². The lowest BCUT2D eigenvalue weighted by atomic mass is 9.22. The van der Waals surface area contributed by atoms with E-state index in [1.54, 1.807) is 0 Å². The van der Waals surface area contributed by atoms with E-state index in [4.69, 9.17) is 44.3 Å². The van der Waals surface area contributed by atoms with Crippen LogP contribution in [0.5, 0.6) is 0 Å². The van der Waals surface area contributed by atoms with Crippen LogP contribution in [0, 0.1) is 0 Å². The molecule has 0 saturated heterocycles. The summed E-state index contributed by atoms with van der Waals surface area (Å²) in [5.74, 6) is -1.21. The molecule has 0 saturated carbocycles. The first kappa shape index (κ1) is 10.8. The number of carbonyl (C=O) groups is 1. The van der Waals surface area contributed by atoms with Gasteiger partial charge in [-0.2, -0.15) is 0 Å². The largest absolute Gasteiger partial charge is 0.481 e. The smallest absolute Gasteiger partial charge is 0.302 e. The zero-order valence-electron chi connectivity index (χ0n) is 5.95. The Morgan fingerprint density at radius 2 is 1.55 bits per heavy atom. The number of hydrogen-bond acceptors (Lipinski definition) is 1. The van der Waals surface area contributed by atoms with Crippen molar-refractivity contribution in [3.63, 3.8) is 0 Å². The molecule has 2 nitrogen and oxygen atoms in total. The summed E-state index contributed by atoms with van der Waals surface area (Å²) < 4.78 is 0. The summed E-state index contributed by atoms with van der Waals surface area (Å²) in [7, 11) is 25.7. The Bertz CT molecular complexity index is 160. The predicted molar refractivity (Wildman–Crippen MR) is 46.4 cm³/mol. The zero-order chi connectivity index (χ0) is 9.28. The molecule has 0 rings (SSSR count). The molecule has 0 amide bonds. The maximum absolute atomic E-state index is 10.1. The monoisotopic (exact) mass is 138 g/mol. The molecule has 10 radical (unpaired) electrons. The Morgan fingerprint density at radius 1 is 1.18 bits per heavy atom. The van der Waals surface area contributed by atoms with Gasteiger partial charge in [0.2, 0.25) is 0 Å². The van der Waals surface area contributed by atoms with E-state index in [9.17, 15) is 4.79 Å². The Morgan fingerprint density at radius 3 is 1.64 bits per heavy atom. The highest BCUT2D eigenvalue weighted by molar-refractivity contribution is 6.67. The molecule has 0 aliphatic carbocycles. The third kappa shape index (κ3) is 3.13. The fraction of sp³-hybridized carbons (Fsp3) is 0.750. The molecule has 7 heteroatoms. The molecular weight excluding hydrogens is 134 g/mol. The Balaban J connectivity index is 4.34. The normalized spacial score (nSPS) is 12.7. The van der Waals surface area contributed by atoms with Crippen LogP contribution in [0.4, 0.5) is 0 Å². The van der Waals surface area contributed by atoms with E-state index in [0.29, 0.717) is 0 Å². The van der Waals surface area contributed by atoms with Crippen LogP contribution in [0.2, 0.25) is 10.3 Å². The van der Waals surface area contributed by atoms with E-state index in [0.717, 1.165) is 0 Å². The molecule has 0 aromatic rings. The van der Waals surface area contributed by atoms with Crippen molar-refractivity contribution in [1.82, 2.24) is 0 Å². The molecule has 0 aliphatic heterocycles. The molecule has 0 unspecified atom stereocenters. The van der Waals surface area contributed by atoms with Gasteiger partial charge < -0.3 is 5.11 Å². The number of rotatable bonds is 3. The van der Waals surface area contributed by atoms with Gasteiger partial charge in [0.15, 0.2) is 0 Å². The Labute approximate surface area is 72.5 Å². The van der Waals surface area contributed by atoms with Gasteiger partial charge >= 0.3 is 5.97 Å². The van der Waals surface area contributed by atoms with E-state index in [1.807, 2.05) is 0 Å². The number of carboxylic acid groups (broad SMARTS) is 1. The lowest BCUT2D eigenvalue weighted by Gasteiger charge is -2.40. The quantitative estimate of drug-likeness (QED) is 0.480. The van der Waals surface area contributed by atoms with Crippen molar-refractivity contribution >= 4 is 45.2 Å². The van der Waals surface area contributed by atoms with Crippen molar-refractivity contribution < 1.29 is 9.90 Å². The van der Waals surface area contributed by atoms with Crippen molar-refractivity contribution in [2.24, 2.45) is 0 Å². The number of aliphatic carboxylic acids is 1. The van der Waals surface area contributed by atoms with Crippen molar-refractivity contribution in [2.45, 2.75) is 16.7 Å². The van der Waals surface area contributed by atoms with Gasteiger partial charge in [0, 0.05) is 30.0 Å². The van der Waals surface area contributed by atoms with Crippen molar-refractivity contribution in [3.8, 4) is 0 Å². The first-order chi connectivity index (χ1) is 4.67. The average Bonchev–Trinajstić information content (AvgIpc) is 1.56. The molecular formula is C4H3B5O2. The van der Waals surface area contributed by atoms with E-state index in [2.05, 4.69) is 0 Å². The summed E-state index contributed by atoms with van der Waals surface area (Å²) in [5, 5.41) is 4.58. The van der Waals surface area contributed by atoms with Crippen LogP contribution in [0.15, 0.2) is 0 Å². The topological polar surface area (TPSA) is 37.3 Å². The van der Waals surface area contributed by atoms with Crippen LogP contribution >= 0.6 is 0 Å². The second-order valence-electron chi connectivity index (χ2n) is 2.54. The third-order valence-electron chi connectivity index (χ3n) is 1.25. The van der Waals surface area contributed by atoms with Gasteiger partial charge in [-0.25, -0.2) is 0 Å². The van der Waals surface area contributed by atoms with Crippen LogP contribution in [-0.2, 0) is 4.79 Å². The number of hydrogen-bond donors (Lipinski definition) is 1. The molecule has 0 spiro atoms. The standard InChI is InChI=1S/C4H3B5O2/c5-3(6,1-2(10)11)4(7,8)9/h1H2,(H,10,11). The fourth-order valence-corrected chi connectivity index (χ4v) is 0.403. The van der Waals surface area contributed by atoms with Gasteiger partial charge in [-0.3, -0.25) is 4.79 Å². The van der Waals surface area contributed by atoms with E-state index < -0.39 is 22.7 Å². The molecule has 0 aliphatic rings. The van der Waals surface area contributed by atoms with Crippen molar-refractivity contribution in [2.75, 3.05) is 0 Å². The summed E-state index contributed by atoms with van der Waals surface area (Å²) in [6.45, 7) is 0. The maximum atomic E-state index is 10.1. The van der Waals surface area contributed by atoms with Crippen LogP contribution in [0.1, 0.15) is 6.42 Å². The average molecular weight is 137 g/mol. The van der Waals surface area contributed by atoms with Crippen LogP contribution in [-0.4, -0.2) is 50.3 Å². The van der Waals surface area contributed by atoms with Crippen molar-refractivity contribution in [3.05, 3.63) is 0 Å². The molecule has 0 bridgehead atoms. The van der Waals surface area contributed by atoms with Gasteiger partial charge in [-0.1, -0.05) is 0 Å². The predicted octanol–water partition coefficient (Wildman–Crippen LogP) is -1.51. The summed E-state index contributed by atoms with van der Waals surface area (Å²) in [5.41, 5.74) is 0. The third-order valence-corrected chi connectivity index (χ3v) is 1.25. The van der Waals surface area contributed by atoms with Crippen LogP contribution in [0.25, 0.3) is 0 Å². The molecule has 46 valence electrons. The van der Waals surface area contributed by atoms with E-state index in [-0.39, 0.29) is 0 Å². The van der Waals surface area contributed by atoms with Gasteiger partial charge in [0.1, 0.15) is 0 Å². The zero-order valence-corrected chi connectivity index (χ0v) is 5.95. The van der Waals surface area contributed by atoms with Gasteiger partial charge in [-0.15, -0.1) is 10.3 Å². The summed E-state index contributed by atoms with van der Waals surface area (Å²) in [4.78, 5) is 10.1. The molecule has 11 heavy (non-hydrogen) atoms. The lowest BCUT2D eigenvalue weighted by Crippen LogP contribution is -2.34. The first-order valence-electron chi connectivity index (χ1n) is 2.83. The highest BCUT2D eigenvalue weighted by atomic mass is 16.4. The van der Waals surface area contributed by atoms with E-state index in [1.165, 1.54) is 0 Å². The molecule has 0 heterocycles. The minimum absolute atomic E-state index is 0.587. The molecule has 0 fully saturated rings. The lowest BCUT2D eigenvalue weighted by molar-refractivity contribution is -0.137. The maximum Gasteiger partial charge on any atom is 0.302 e. The highest BCUT2D eigenvalue weighted by Gasteiger charge is 2.31. The van der Waals surface area contributed by atoms with Crippen molar-refractivity contribution in [1.29, 1.82) is 0 Å². The minimum Gasteiger partial charge on any atom is -0.481 e. The second kappa shape index (κ2) is 3.04. The highest BCUT2D eigenvalue weighted by Crippen LogP contribution is 2.40. The minimum atomic E-state index is -1.90. The molecule has 0 aromatic heterocycles. The molecule has 0 aromatic carbocycles. The van der Waals surface area contributed by atoms with Crippen LogP contribution < -0.4 is 0 Å². The SMILES string of the molecule is [B]C([B])([B])C([B])([B])CC(=O)O. The Kier molecular flexibility index (Phi) is 2.98. The summed E-state index contributed by atoms with van der Waals surface area (Å²) in [6, 6.07) is 0. The van der Waals surface area contributed by atoms with E-state index >= 15 is 0 Å². The number of carboxylic acids is 1. The fourth-order valence-electron chi connectivity index (χ4n) is 0.403. The second-order valence-corrected chi connectivity index (χ2v) is 2.54. The molecule has 1 N–H and O–H groups in total. The summed E-state index contributed by atoms with van der Waals surface area (Å²) >= 11 is 0. The molecule has 0 atom stereocenters. The van der Waals surface area contributed by atoms with Gasteiger partial charge in [-0.05, 0) is 0 Å². The summed E-state index contributed by atoms with van der Waals surface area (Å²) in [6.07, 6.45) is -0.587. The van der Waals surface area contributed by atoms with Gasteiger partial charge in [0.05, 0.1) is 15.7 Å².